The van der Waals surface area contributed by atoms with E-state index in [0.717, 1.165) is 10.5 Å². The van der Waals surface area contributed by atoms with Gasteiger partial charge in [-0.05, 0) is 0 Å². The average Bonchev–Trinajstić information content (AvgIpc) is 2.73. The van der Waals surface area contributed by atoms with Gasteiger partial charge in [-0.1, -0.05) is 0 Å². The molecule has 0 unspecified atom stereocenters. The zero-order valence-corrected chi connectivity index (χ0v) is 10.8. The Bertz CT molecular complexity index is 631. The van der Waals surface area contributed by atoms with Gasteiger partial charge in [-0.25, -0.2) is 0 Å². The summed E-state index contributed by atoms with van der Waals surface area (Å²) in [4.78, 5) is 4.65. The number of halogens is 1. The standard InChI is InChI=1S/C13H8ClNSe/c14-10-6-7-11-12(8-10)16-13(15-11)9-4-2-1-3-5-9/h1-8H. The Hall–Kier alpha value is -1.08. The number of hydrogen-bond acceptors (Lipinski definition) is 1. The normalized spacial score (nSPS) is 10.8. The van der Waals surface area contributed by atoms with Crippen LogP contribution in [0.2, 0.25) is 5.02 Å². The van der Waals surface area contributed by atoms with E-state index in [1.807, 2.05) is 36.4 Å². The molecule has 2 aromatic carbocycles. The van der Waals surface area contributed by atoms with E-state index in [0.29, 0.717) is 0 Å². The molecule has 0 saturated carbocycles. The fourth-order valence-electron chi connectivity index (χ4n) is 1.60. The predicted molar refractivity (Wildman–Crippen MR) is 69.1 cm³/mol. The van der Waals surface area contributed by atoms with Crippen molar-refractivity contribution in [1.29, 1.82) is 0 Å². The Morgan fingerprint density at radius 3 is 2.62 bits per heavy atom. The van der Waals surface area contributed by atoms with Gasteiger partial charge in [-0.3, -0.25) is 0 Å². The van der Waals surface area contributed by atoms with Crippen LogP contribution in [0.25, 0.3) is 19.9 Å². The van der Waals surface area contributed by atoms with Crippen LogP contribution in [0.15, 0.2) is 48.5 Å². The fraction of sp³-hybridized carbons (Fsp3) is 0. The van der Waals surface area contributed by atoms with Gasteiger partial charge >= 0.3 is 105 Å². The van der Waals surface area contributed by atoms with Crippen LogP contribution in [0, 0.1) is 0 Å². The van der Waals surface area contributed by atoms with E-state index in [4.69, 9.17) is 11.6 Å². The summed E-state index contributed by atoms with van der Waals surface area (Å²) in [7, 11) is 0. The van der Waals surface area contributed by atoms with E-state index in [1.54, 1.807) is 0 Å². The van der Waals surface area contributed by atoms with E-state index in [-0.39, 0.29) is 14.5 Å². The minimum absolute atomic E-state index is 0.279. The van der Waals surface area contributed by atoms with E-state index in [9.17, 15) is 0 Å². The number of benzene rings is 2. The van der Waals surface area contributed by atoms with Crippen LogP contribution in [-0.2, 0) is 0 Å². The van der Waals surface area contributed by atoms with Crippen molar-refractivity contribution in [2.75, 3.05) is 0 Å². The SMILES string of the molecule is Clc1ccc2nc(-c3ccccc3)[se]c2c1. The summed E-state index contributed by atoms with van der Waals surface area (Å²) in [5.74, 6) is 0. The number of rotatable bonds is 1. The third-order valence-electron chi connectivity index (χ3n) is 2.37. The molecule has 0 amide bonds. The summed E-state index contributed by atoms with van der Waals surface area (Å²) in [6.07, 6.45) is 0. The number of hydrogen-bond donors (Lipinski definition) is 0. The molecule has 1 nitrogen and oxygen atoms in total. The molecule has 0 bridgehead atoms. The molecule has 3 heteroatoms. The average molecular weight is 293 g/mol. The van der Waals surface area contributed by atoms with Gasteiger partial charge in [0.25, 0.3) is 0 Å². The van der Waals surface area contributed by atoms with Gasteiger partial charge in [0.2, 0.25) is 0 Å². The molecule has 0 aliphatic carbocycles. The van der Waals surface area contributed by atoms with Crippen LogP contribution >= 0.6 is 11.6 Å². The Morgan fingerprint density at radius 1 is 1.00 bits per heavy atom. The van der Waals surface area contributed by atoms with Crippen LogP contribution in [-0.4, -0.2) is 19.5 Å². The number of aromatic nitrogens is 1. The number of nitrogens with zero attached hydrogens (tertiary/aromatic N) is 1. The van der Waals surface area contributed by atoms with Crippen LogP contribution in [0.5, 0.6) is 0 Å². The summed E-state index contributed by atoms with van der Waals surface area (Å²) < 4.78 is 2.46. The molecule has 0 atom stereocenters. The van der Waals surface area contributed by atoms with Crippen molar-refractivity contribution in [3.8, 4) is 10.1 Å². The summed E-state index contributed by atoms with van der Waals surface area (Å²) in [6.45, 7) is 0. The van der Waals surface area contributed by atoms with Crippen molar-refractivity contribution in [2.45, 2.75) is 0 Å². The van der Waals surface area contributed by atoms with Crippen LogP contribution in [0.3, 0.4) is 0 Å². The van der Waals surface area contributed by atoms with Crippen molar-refractivity contribution in [3.05, 3.63) is 53.6 Å². The van der Waals surface area contributed by atoms with E-state index < -0.39 is 0 Å². The minimum atomic E-state index is 0.279. The van der Waals surface area contributed by atoms with E-state index in [2.05, 4.69) is 17.1 Å². The van der Waals surface area contributed by atoms with Crippen molar-refractivity contribution in [1.82, 2.24) is 4.98 Å². The second-order valence-corrected chi connectivity index (χ2v) is 6.10. The number of fused-ring (bicyclic) bond motifs is 1. The molecule has 0 N–H and O–H groups in total. The van der Waals surface area contributed by atoms with Gasteiger partial charge in [0, 0.05) is 0 Å². The summed E-state index contributed by atoms with van der Waals surface area (Å²) in [6, 6.07) is 16.2. The molecule has 0 radical (unpaired) electrons. The molecule has 0 aliphatic rings. The second-order valence-electron chi connectivity index (χ2n) is 3.50. The van der Waals surface area contributed by atoms with Crippen molar-refractivity contribution >= 4 is 35.9 Å². The molecule has 1 heterocycles. The summed E-state index contributed by atoms with van der Waals surface area (Å²) >= 11 is 6.26. The summed E-state index contributed by atoms with van der Waals surface area (Å²) in [5.41, 5.74) is 2.29. The van der Waals surface area contributed by atoms with Gasteiger partial charge < -0.3 is 0 Å². The Kier molecular flexibility index (Phi) is 2.56. The van der Waals surface area contributed by atoms with Crippen molar-refractivity contribution in [3.63, 3.8) is 0 Å². The third-order valence-corrected chi connectivity index (χ3v) is 4.85. The van der Waals surface area contributed by atoms with Crippen LogP contribution in [0.1, 0.15) is 0 Å². The molecule has 3 rings (SSSR count). The topological polar surface area (TPSA) is 12.9 Å². The van der Waals surface area contributed by atoms with E-state index >= 15 is 0 Å². The van der Waals surface area contributed by atoms with Crippen LogP contribution in [0.4, 0.5) is 0 Å². The monoisotopic (exact) mass is 293 g/mol. The summed E-state index contributed by atoms with van der Waals surface area (Å²) in [5, 5.41) is 0.796. The Labute approximate surface area is 104 Å². The Balaban J connectivity index is 2.19. The predicted octanol–water partition coefficient (Wildman–Crippen LogP) is 3.61. The zero-order valence-electron chi connectivity index (χ0n) is 8.35. The molecule has 1 aromatic heterocycles. The molecular formula is C13H8ClNSe. The van der Waals surface area contributed by atoms with Crippen molar-refractivity contribution in [2.24, 2.45) is 0 Å². The molecule has 0 fully saturated rings. The molecule has 3 aromatic rings. The molecule has 0 saturated heterocycles. The maximum atomic E-state index is 5.98. The molecule has 0 aliphatic heterocycles. The molecule has 16 heavy (non-hydrogen) atoms. The molecular weight excluding hydrogens is 285 g/mol. The molecule has 78 valence electrons. The van der Waals surface area contributed by atoms with Crippen molar-refractivity contribution < 1.29 is 0 Å². The van der Waals surface area contributed by atoms with E-state index in [1.165, 1.54) is 14.4 Å². The Morgan fingerprint density at radius 2 is 1.81 bits per heavy atom. The third kappa shape index (κ3) is 1.80. The first-order chi connectivity index (χ1) is 7.83. The fourth-order valence-corrected chi connectivity index (χ4v) is 4.04. The van der Waals surface area contributed by atoms with Gasteiger partial charge in [0.15, 0.2) is 0 Å². The maximum absolute atomic E-state index is 5.98. The first kappa shape index (κ1) is 10.1. The van der Waals surface area contributed by atoms with Crippen LogP contribution < -0.4 is 0 Å². The second kappa shape index (κ2) is 4.06. The quantitative estimate of drug-likeness (QED) is 0.624. The van der Waals surface area contributed by atoms with Gasteiger partial charge in [-0.15, -0.1) is 0 Å². The first-order valence-corrected chi connectivity index (χ1v) is 7.03. The van der Waals surface area contributed by atoms with Gasteiger partial charge in [0.05, 0.1) is 0 Å². The molecule has 0 spiro atoms. The first-order valence-electron chi connectivity index (χ1n) is 4.94. The zero-order chi connectivity index (χ0) is 11.0. The van der Waals surface area contributed by atoms with Gasteiger partial charge in [-0.2, -0.15) is 0 Å². The van der Waals surface area contributed by atoms with Gasteiger partial charge in [0.1, 0.15) is 0 Å².